The molecule has 116 valence electrons. The van der Waals surface area contributed by atoms with Gasteiger partial charge in [0.2, 0.25) is 0 Å². The quantitative estimate of drug-likeness (QED) is 0.754. The van der Waals surface area contributed by atoms with Crippen LogP contribution in [-0.4, -0.2) is 43.0 Å². The number of ketones is 1. The van der Waals surface area contributed by atoms with Crippen molar-refractivity contribution in [3.8, 4) is 0 Å². The van der Waals surface area contributed by atoms with Crippen molar-refractivity contribution in [3.05, 3.63) is 35.6 Å². The number of methoxy groups -OCH3 is 1. The monoisotopic (exact) mass is 293 g/mol. The van der Waals surface area contributed by atoms with Gasteiger partial charge in [0, 0.05) is 32.2 Å². The normalized spacial score (nSPS) is 18.6. The standard InChI is InChI=1S/C17H24FNO2/c1-17(21-2)9-12-19(13-10-17)11-3-4-16(20)14-5-7-15(18)8-6-14/h5-8H,3-4,9-13H2,1-2H3. The molecule has 0 atom stereocenters. The first-order chi connectivity index (χ1) is 10.0. The van der Waals surface area contributed by atoms with E-state index in [0.29, 0.717) is 12.0 Å². The lowest BCUT2D eigenvalue weighted by atomic mass is 9.93. The fourth-order valence-electron chi connectivity index (χ4n) is 2.70. The molecule has 0 aromatic heterocycles. The van der Waals surface area contributed by atoms with Gasteiger partial charge in [0.1, 0.15) is 5.82 Å². The number of rotatable bonds is 6. The first-order valence-corrected chi connectivity index (χ1v) is 7.59. The van der Waals surface area contributed by atoms with E-state index in [4.69, 9.17) is 4.74 Å². The summed E-state index contributed by atoms with van der Waals surface area (Å²) in [5.74, 6) is -0.213. The Morgan fingerprint density at radius 2 is 1.90 bits per heavy atom. The molecule has 1 saturated heterocycles. The van der Waals surface area contributed by atoms with Crippen LogP contribution in [0.1, 0.15) is 43.0 Å². The van der Waals surface area contributed by atoms with Crippen molar-refractivity contribution in [2.75, 3.05) is 26.7 Å². The minimum Gasteiger partial charge on any atom is -0.378 e. The van der Waals surface area contributed by atoms with Gasteiger partial charge in [-0.15, -0.1) is 0 Å². The van der Waals surface area contributed by atoms with E-state index in [1.54, 1.807) is 19.2 Å². The summed E-state index contributed by atoms with van der Waals surface area (Å²) in [7, 11) is 1.77. The van der Waals surface area contributed by atoms with Crippen LogP contribution in [-0.2, 0) is 4.74 Å². The van der Waals surface area contributed by atoms with Crippen LogP contribution in [0.25, 0.3) is 0 Å². The zero-order valence-electron chi connectivity index (χ0n) is 12.9. The maximum absolute atomic E-state index is 12.8. The molecular formula is C17H24FNO2. The average molecular weight is 293 g/mol. The minimum atomic E-state index is -0.305. The van der Waals surface area contributed by atoms with Crippen molar-refractivity contribution in [1.82, 2.24) is 4.90 Å². The molecular weight excluding hydrogens is 269 g/mol. The van der Waals surface area contributed by atoms with Gasteiger partial charge >= 0.3 is 0 Å². The van der Waals surface area contributed by atoms with Gasteiger partial charge in [-0.25, -0.2) is 4.39 Å². The zero-order chi connectivity index (χ0) is 15.3. The summed E-state index contributed by atoms with van der Waals surface area (Å²) < 4.78 is 18.3. The SMILES string of the molecule is COC1(C)CCN(CCCC(=O)c2ccc(F)cc2)CC1. The van der Waals surface area contributed by atoms with Crippen LogP contribution < -0.4 is 0 Å². The van der Waals surface area contributed by atoms with Crippen molar-refractivity contribution in [2.24, 2.45) is 0 Å². The molecule has 1 aliphatic heterocycles. The van der Waals surface area contributed by atoms with Crippen molar-refractivity contribution >= 4 is 5.78 Å². The van der Waals surface area contributed by atoms with E-state index >= 15 is 0 Å². The van der Waals surface area contributed by atoms with Crippen LogP contribution in [0.2, 0.25) is 0 Å². The summed E-state index contributed by atoms with van der Waals surface area (Å²) >= 11 is 0. The van der Waals surface area contributed by atoms with E-state index in [1.807, 2.05) is 0 Å². The molecule has 0 N–H and O–H groups in total. The summed E-state index contributed by atoms with van der Waals surface area (Å²) in [5.41, 5.74) is 0.613. The fourth-order valence-corrected chi connectivity index (χ4v) is 2.70. The third kappa shape index (κ3) is 4.61. The molecule has 0 aliphatic carbocycles. The van der Waals surface area contributed by atoms with Crippen LogP contribution in [0.4, 0.5) is 4.39 Å². The predicted octanol–water partition coefficient (Wildman–Crippen LogP) is 3.29. The van der Waals surface area contributed by atoms with Crippen molar-refractivity contribution in [3.63, 3.8) is 0 Å². The maximum atomic E-state index is 12.8. The molecule has 0 amide bonds. The number of Topliss-reactive ketones (excluding diaryl/α,β-unsaturated/α-hetero) is 1. The third-order valence-electron chi connectivity index (χ3n) is 4.45. The molecule has 0 radical (unpaired) electrons. The minimum absolute atomic E-state index is 0.0143. The Hall–Kier alpha value is -1.26. The lowest BCUT2D eigenvalue weighted by Gasteiger charge is -2.38. The highest BCUT2D eigenvalue weighted by Gasteiger charge is 2.29. The second kappa shape index (κ2) is 7.14. The lowest BCUT2D eigenvalue weighted by Crippen LogP contribution is -2.43. The molecule has 0 bridgehead atoms. The van der Waals surface area contributed by atoms with Gasteiger partial charge in [0.05, 0.1) is 5.60 Å². The van der Waals surface area contributed by atoms with E-state index in [2.05, 4.69) is 11.8 Å². The van der Waals surface area contributed by atoms with Crippen LogP contribution >= 0.6 is 0 Å². The molecule has 3 nitrogen and oxygen atoms in total. The second-order valence-corrected chi connectivity index (χ2v) is 6.03. The van der Waals surface area contributed by atoms with Crippen LogP contribution in [0.3, 0.4) is 0 Å². The number of nitrogens with zero attached hydrogens (tertiary/aromatic N) is 1. The van der Waals surface area contributed by atoms with Crippen molar-refractivity contribution < 1.29 is 13.9 Å². The van der Waals surface area contributed by atoms with E-state index in [9.17, 15) is 9.18 Å². The van der Waals surface area contributed by atoms with Crippen LogP contribution in [0, 0.1) is 5.82 Å². The number of halogens is 1. The fraction of sp³-hybridized carbons (Fsp3) is 0.588. The molecule has 21 heavy (non-hydrogen) atoms. The summed E-state index contributed by atoms with van der Waals surface area (Å²) in [4.78, 5) is 14.4. The highest BCUT2D eigenvalue weighted by atomic mass is 19.1. The first-order valence-electron chi connectivity index (χ1n) is 7.59. The number of likely N-dealkylation sites (tertiary alicyclic amines) is 1. The molecule has 4 heteroatoms. The molecule has 1 aliphatic rings. The van der Waals surface area contributed by atoms with Crippen LogP contribution in [0.15, 0.2) is 24.3 Å². The van der Waals surface area contributed by atoms with Gasteiger partial charge in [0.15, 0.2) is 5.78 Å². The molecule has 1 aromatic rings. The molecule has 2 rings (SSSR count). The first kappa shape index (κ1) is 16.1. The second-order valence-electron chi connectivity index (χ2n) is 6.03. The predicted molar refractivity (Wildman–Crippen MR) is 81.1 cm³/mol. The molecule has 0 unspecified atom stereocenters. The van der Waals surface area contributed by atoms with E-state index in [-0.39, 0.29) is 17.2 Å². The Bertz CT molecular complexity index is 464. The molecule has 0 saturated carbocycles. The van der Waals surface area contributed by atoms with E-state index < -0.39 is 0 Å². The topological polar surface area (TPSA) is 29.5 Å². The van der Waals surface area contributed by atoms with Gasteiger partial charge in [-0.1, -0.05) is 0 Å². The Balaban J connectivity index is 1.70. The molecule has 1 aromatic carbocycles. The maximum Gasteiger partial charge on any atom is 0.162 e. The lowest BCUT2D eigenvalue weighted by molar-refractivity contribution is -0.0426. The largest absolute Gasteiger partial charge is 0.378 e. The van der Waals surface area contributed by atoms with Crippen molar-refractivity contribution in [1.29, 1.82) is 0 Å². The number of carbonyl (C=O) groups excluding carboxylic acids is 1. The highest BCUT2D eigenvalue weighted by Crippen LogP contribution is 2.25. The zero-order valence-corrected chi connectivity index (χ0v) is 12.9. The van der Waals surface area contributed by atoms with Crippen molar-refractivity contribution in [2.45, 2.75) is 38.2 Å². The Labute approximate surface area is 126 Å². The molecule has 1 fully saturated rings. The van der Waals surface area contributed by atoms with Gasteiger partial charge in [0.25, 0.3) is 0 Å². The Kier molecular flexibility index (Phi) is 5.48. The summed E-state index contributed by atoms with van der Waals surface area (Å²) in [5, 5.41) is 0. The summed E-state index contributed by atoms with van der Waals surface area (Å²) in [6, 6.07) is 5.79. The number of hydrogen-bond donors (Lipinski definition) is 0. The van der Waals surface area contributed by atoms with Gasteiger partial charge in [-0.2, -0.15) is 0 Å². The number of carbonyl (C=O) groups is 1. The average Bonchev–Trinajstić information content (AvgIpc) is 2.50. The smallest absolute Gasteiger partial charge is 0.162 e. The van der Waals surface area contributed by atoms with E-state index in [0.717, 1.165) is 38.9 Å². The number of ether oxygens (including phenoxy) is 1. The summed E-state index contributed by atoms with van der Waals surface area (Å²) in [6.45, 7) is 5.14. The Morgan fingerprint density at radius 3 is 2.48 bits per heavy atom. The summed E-state index contributed by atoms with van der Waals surface area (Å²) in [6.07, 6.45) is 3.44. The Morgan fingerprint density at radius 1 is 1.29 bits per heavy atom. The van der Waals surface area contributed by atoms with E-state index in [1.165, 1.54) is 12.1 Å². The molecule has 0 spiro atoms. The molecule has 1 heterocycles. The van der Waals surface area contributed by atoms with Gasteiger partial charge in [-0.05, 0) is 57.0 Å². The van der Waals surface area contributed by atoms with Gasteiger partial charge in [-0.3, -0.25) is 4.79 Å². The van der Waals surface area contributed by atoms with Crippen LogP contribution in [0.5, 0.6) is 0 Å². The highest BCUT2D eigenvalue weighted by molar-refractivity contribution is 5.95. The number of hydrogen-bond acceptors (Lipinski definition) is 3. The number of piperidine rings is 1. The number of benzene rings is 1. The third-order valence-corrected chi connectivity index (χ3v) is 4.45. The van der Waals surface area contributed by atoms with Gasteiger partial charge < -0.3 is 9.64 Å².